The number of hydrogen-bond acceptors (Lipinski definition) is 5. The third-order valence-electron chi connectivity index (χ3n) is 6.68. The zero-order valence-electron chi connectivity index (χ0n) is 18.0. The van der Waals surface area contributed by atoms with E-state index in [9.17, 15) is 0 Å². The minimum atomic E-state index is 0.387. The molecule has 0 unspecified atom stereocenters. The van der Waals surface area contributed by atoms with Crippen molar-refractivity contribution in [2.45, 2.75) is 31.8 Å². The van der Waals surface area contributed by atoms with E-state index in [1.165, 1.54) is 29.8 Å². The molecule has 5 rings (SSSR count). The maximum atomic E-state index is 5.90. The molecule has 6 nitrogen and oxygen atoms in total. The van der Waals surface area contributed by atoms with E-state index in [0.717, 1.165) is 51.5 Å². The number of imidazole rings is 1. The molecule has 1 N–H and O–H groups in total. The number of likely N-dealkylation sites (tertiary alicyclic amines) is 1. The van der Waals surface area contributed by atoms with Crippen molar-refractivity contribution in [2.24, 2.45) is 5.92 Å². The van der Waals surface area contributed by atoms with Crippen LogP contribution in [0.15, 0.2) is 61.2 Å². The minimum absolute atomic E-state index is 0.387. The van der Waals surface area contributed by atoms with Crippen molar-refractivity contribution in [2.75, 3.05) is 32.8 Å². The van der Waals surface area contributed by atoms with E-state index in [-0.39, 0.29) is 0 Å². The third kappa shape index (κ3) is 4.81. The first-order valence-corrected chi connectivity index (χ1v) is 11.4. The van der Waals surface area contributed by atoms with Gasteiger partial charge in [-0.3, -0.25) is 14.8 Å². The number of hydrogen-bond donors (Lipinski definition) is 1. The zero-order chi connectivity index (χ0) is 20.9. The summed E-state index contributed by atoms with van der Waals surface area (Å²) < 4.78 is 5.90. The topological polar surface area (TPSA) is 57.3 Å². The Labute approximate surface area is 184 Å². The van der Waals surface area contributed by atoms with Gasteiger partial charge in [-0.05, 0) is 55.6 Å². The lowest BCUT2D eigenvalue weighted by molar-refractivity contribution is 0.0668. The largest absolute Gasteiger partial charge is 0.492 e. The molecule has 1 fully saturated rings. The van der Waals surface area contributed by atoms with Gasteiger partial charge in [0.25, 0.3) is 0 Å². The molecule has 162 valence electrons. The van der Waals surface area contributed by atoms with Crippen molar-refractivity contribution >= 4 is 0 Å². The van der Waals surface area contributed by atoms with Crippen LogP contribution in [0.2, 0.25) is 0 Å². The maximum Gasteiger partial charge on any atom is 0.119 e. The average Bonchev–Trinajstić information content (AvgIpc) is 3.30. The molecule has 2 aliphatic rings. The SMILES string of the molecule is c1ccc(OCCN2CCC([C@H]3c4nc[nH]c4CCN3Cc3cccnc3)CC2)cc1. The summed E-state index contributed by atoms with van der Waals surface area (Å²) in [5.74, 6) is 1.59. The molecule has 0 amide bonds. The molecule has 3 aromatic rings. The van der Waals surface area contributed by atoms with Gasteiger partial charge < -0.3 is 9.72 Å². The molecule has 6 heteroatoms. The number of rotatable bonds is 7. The van der Waals surface area contributed by atoms with Crippen molar-refractivity contribution in [3.63, 3.8) is 0 Å². The molecule has 0 radical (unpaired) electrons. The molecule has 1 aromatic carbocycles. The van der Waals surface area contributed by atoms with Crippen LogP contribution in [0.1, 0.15) is 35.8 Å². The molecule has 0 bridgehead atoms. The van der Waals surface area contributed by atoms with E-state index in [2.05, 4.69) is 25.8 Å². The third-order valence-corrected chi connectivity index (χ3v) is 6.68. The Morgan fingerprint density at radius 3 is 2.71 bits per heavy atom. The molecule has 0 aliphatic carbocycles. The van der Waals surface area contributed by atoms with Crippen LogP contribution in [0, 0.1) is 5.92 Å². The van der Waals surface area contributed by atoms with Crippen LogP contribution in [-0.4, -0.2) is 57.5 Å². The van der Waals surface area contributed by atoms with Crippen molar-refractivity contribution < 1.29 is 4.74 Å². The number of para-hydroxylation sites is 1. The van der Waals surface area contributed by atoms with Gasteiger partial charge in [-0.25, -0.2) is 4.98 Å². The fourth-order valence-corrected chi connectivity index (χ4v) is 5.08. The summed E-state index contributed by atoms with van der Waals surface area (Å²) in [7, 11) is 0. The van der Waals surface area contributed by atoms with Gasteiger partial charge in [0.05, 0.1) is 18.1 Å². The van der Waals surface area contributed by atoms with Crippen LogP contribution >= 0.6 is 0 Å². The normalized spacial score (nSPS) is 20.5. The van der Waals surface area contributed by atoms with Crippen LogP contribution in [0.25, 0.3) is 0 Å². The van der Waals surface area contributed by atoms with Gasteiger partial charge in [-0.1, -0.05) is 24.3 Å². The van der Waals surface area contributed by atoms with E-state index in [1.807, 2.05) is 55.1 Å². The fourth-order valence-electron chi connectivity index (χ4n) is 5.08. The van der Waals surface area contributed by atoms with Crippen molar-refractivity contribution in [3.8, 4) is 5.75 Å². The van der Waals surface area contributed by atoms with Gasteiger partial charge in [0.1, 0.15) is 12.4 Å². The van der Waals surface area contributed by atoms with Crippen LogP contribution in [0.5, 0.6) is 5.75 Å². The quantitative estimate of drug-likeness (QED) is 0.635. The number of aromatic nitrogens is 3. The Kier molecular flexibility index (Phi) is 6.27. The molecule has 4 heterocycles. The van der Waals surface area contributed by atoms with Gasteiger partial charge in [0, 0.05) is 44.1 Å². The smallest absolute Gasteiger partial charge is 0.119 e. The second-order valence-corrected chi connectivity index (χ2v) is 8.63. The second kappa shape index (κ2) is 9.62. The number of benzene rings is 1. The second-order valence-electron chi connectivity index (χ2n) is 8.63. The van der Waals surface area contributed by atoms with E-state index in [4.69, 9.17) is 9.72 Å². The van der Waals surface area contributed by atoms with Crippen molar-refractivity contribution in [3.05, 3.63) is 78.1 Å². The highest BCUT2D eigenvalue weighted by Crippen LogP contribution is 2.39. The maximum absolute atomic E-state index is 5.90. The lowest BCUT2D eigenvalue weighted by Gasteiger charge is -2.43. The molecular formula is C25H31N5O. The highest BCUT2D eigenvalue weighted by Gasteiger charge is 2.37. The fraction of sp³-hybridized carbons (Fsp3) is 0.440. The van der Waals surface area contributed by atoms with Gasteiger partial charge in [-0.15, -0.1) is 0 Å². The van der Waals surface area contributed by atoms with Gasteiger partial charge in [-0.2, -0.15) is 0 Å². The number of fused-ring (bicyclic) bond motifs is 1. The molecule has 1 saturated heterocycles. The number of piperidine rings is 1. The Morgan fingerprint density at radius 1 is 1.03 bits per heavy atom. The summed E-state index contributed by atoms with van der Waals surface area (Å²) in [6, 6.07) is 14.7. The van der Waals surface area contributed by atoms with Crippen LogP contribution in [0.3, 0.4) is 0 Å². The van der Waals surface area contributed by atoms with Gasteiger partial charge in [0.15, 0.2) is 0 Å². The standard InChI is InChI=1S/C25H31N5O/c1-2-6-22(7-3-1)31-16-15-29-12-8-21(9-13-29)25-24-23(27-19-28-24)10-14-30(25)18-20-5-4-11-26-17-20/h1-7,11,17,19,21,25H,8-10,12-16,18H2,(H,27,28)/t25-/m0/s1. The molecule has 0 saturated carbocycles. The van der Waals surface area contributed by atoms with Gasteiger partial charge >= 0.3 is 0 Å². The molecule has 31 heavy (non-hydrogen) atoms. The lowest BCUT2D eigenvalue weighted by atomic mass is 9.83. The summed E-state index contributed by atoms with van der Waals surface area (Å²) >= 11 is 0. The van der Waals surface area contributed by atoms with Crippen LogP contribution in [0.4, 0.5) is 0 Å². The monoisotopic (exact) mass is 417 g/mol. The van der Waals surface area contributed by atoms with Crippen LogP contribution < -0.4 is 4.74 Å². The lowest BCUT2D eigenvalue weighted by Crippen LogP contribution is -2.44. The number of nitrogens with one attached hydrogen (secondary N) is 1. The predicted octanol–water partition coefficient (Wildman–Crippen LogP) is 3.70. The minimum Gasteiger partial charge on any atom is -0.492 e. The first kappa shape index (κ1) is 20.2. The molecular weight excluding hydrogens is 386 g/mol. The Bertz CT molecular complexity index is 937. The van der Waals surface area contributed by atoms with E-state index in [1.54, 1.807) is 0 Å². The molecule has 1 atom stereocenters. The van der Waals surface area contributed by atoms with Crippen LogP contribution in [-0.2, 0) is 13.0 Å². The number of ether oxygens (including phenoxy) is 1. The number of nitrogens with zero attached hydrogens (tertiary/aromatic N) is 4. The molecule has 2 aliphatic heterocycles. The Morgan fingerprint density at radius 2 is 1.90 bits per heavy atom. The molecule has 2 aromatic heterocycles. The van der Waals surface area contributed by atoms with E-state index < -0.39 is 0 Å². The number of pyridine rings is 1. The summed E-state index contributed by atoms with van der Waals surface area (Å²) in [5.41, 5.74) is 3.87. The zero-order valence-corrected chi connectivity index (χ0v) is 18.0. The van der Waals surface area contributed by atoms with E-state index in [0.29, 0.717) is 12.0 Å². The van der Waals surface area contributed by atoms with Crippen molar-refractivity contribution in [1.29, 1.82) is 0 Å². The number of aromatic amines is 1. The summed E-state index contributed by atoms with van der Waals surface area (Å²) in [4.78, 5) is 17.6. The summed E-state index contributed by atoms with van der Waals surface area (Å²) in [5, 5.41) is 0. The van der Waals surface area contributed by atoms with Gasteiger partial charge in [0.2, 0.25) is 0 Å². The molecule has 0 spiro atoms. The highest BCUT2D eigenvalue weighted by molar-refractivity contribution is 5.22. The predicted molar refractivity (Wildman–Crippen MR) is 121 cm³/mol. The van der Waals surface area contributed by atoms with E-state index >= 15 is 0 Å². The summed E-state index contributed by atoms with van der Waals surface area (Å²) in [6.45, 7) is 5.99. The average molecular weight is 418 g/mol. The Hall–Kier alpha value is -2.70. The summed E-state index contributed by atoms with van der Waals surface area (Å²) in [6.07, 6.45) is 9.16. The first-order chi connectivity index (χ1) is 15.4. The number of H-pyrrole nitrogens is 1. The van der Waals surface area contributed by atoms with Crippen molar-refractivity contribution in [1.82, 2.24) is 24.8 Å². The first-order valence-electron chi connectivity index (χ1n) is 11.4. The highest BCUT2D eigenvalue weighted by atomic mass is 16.5. The Balaban J connectivity index is 1.20.